The molecule has 0 fully saturated rings. The van der Waals surface area contributed by atoms with Crippen LogP contribution < -0.4 is 11.5 Å². The fraction of sp³-hybridized carbons (Fsp3) is 0.250. The molecule has 0 bridgehead atoms. The molecule has 1 amide bonds. The van der Waals surface area contributed by atoms with Gasteiger partial charge in [-0.05, 0) is 18.4 Å². The minimum atomic E-state index is -0.659. The van der Waals surface area contributed by atoms with Crippen LogP contribution >= 0.6 is 15.9 Å². The molecule has 94 valence electrons. The largest absolute Gasteiger partial charge is 0.396 e. The molecule has 2 rings (SSSR count). The number of hydrogen-bond donors (Lipinski definition) is 2. The molecular weight excluding hydrogens is 296 g/mol. The van der Waals surface area contributed by atoms with Crippen molar-refractivity contribution in [3.63, 3.8) is 0 Å². The first kappa shape index (κ1) is 12.8. The molecule has 18 heavy (non-hydrogen) atoms. The summed E-state index contributed by atoms with van der Waals surface area (Å²) >= 11 is 3.39. The van der Waals surface area contributed by atoms with Gasteiger partial charge in [0.15, 0.2) is 5.69 Å². The minimum absolute atomic E-state index is 0.0279. The van der Waals surface area contributed by atoms with E-state index in [1.807, 2.05) is 18.2 Å². The third-order valence-corrected chi connectivity index (χ3v) is 3.29. The smallest absolute Gasteiger partial charge is 0.271 e. The average molecular weight is 309 g/mol. The van der Waals surface area contributed by atoms with Crippen LogP contribution in [0.2, 0.25) is 0 Å². The Balaban J connectivity index is 2.59. The fourth-order valence-electron chi connectivity index (χ4n) is 1.85. The van der Waals surface area contributed by atoms with Crippen molar-refractivity contribution in [2.75, 3.05) is 11.1 Å². The van der Waals surface area contributed by atoms with E-state index in [2.05, 4.69) is 26.1 Å². The van der Waals surface area contributed by atoms with Crippen LogP contribution in [0.25, 0.3) is 10.9 Å². The van der Waals surface area contributed by atoms with Gasteiger partial charge in [0, 0.05) is 10.7 Å². The second-order valence-electron chi connectivity index (χ2n) is 3.93. The van der Waals surface area contributed by atoms with E-state index in [1.54, 1.807) is 0 Å². The van der Waals surface area contributed by atoms with E-state index in [-0.39, 0.29) is 5.69 Å². The minimum Gasteiger partial charge on any atom is -0.396 e. The number of fused-ring (bicyclic) bond motifs is 1. The summed E-state index contributed by atoms with van der Waals surface area (Å²) in [5.41, 5.74) is 13.2. The van der Waals surface area contributed by atoms with Crippen LogP contribution in [0.1, 0.15) is 22.5 Å². The molecule has 0 atom stereocenters. The Hall–Kier alpha value is -1.69. The van der Waals surface area contributed by atoms with E-state index < -0.39 is 5.91 Å². The second kappa shape index (κ2) is 5.30. The van der Waals surface area contributed by atoms with Crippen LogP contribution in [0.3, 0.4) is 0 Å². The van der Waals surface area contributed by atoms with E-state index in [9.17, 15) is 4.79 Å². The second-order valence-corrected chi connectivity index (χ2v) is 4.73. The number of halogens is 1. The fourth-order valence-corrected chi connectivity index (χ4v) is 2.13. The molecule has 1 heterocycles. The van der Waals surface area contributed by atoms with Gasteiger partial charge >= 0.3 is 0 Å². The van der Waals surface area contributed by atoms with Gasteiger partial charge in [0.1, 0.15) is 0 Å². The van der Waals surface area contributed by atoms with Gasteiger partial charge in [0.25, 0.3) is 5.91 Å². The molecule has 2 aromatic rings. The highest BCUT2D eigenvalue weighted by atomic mass is 79.9. The van der Waals surface area contributed by atoms with Gasteiger partial charge in [-0.15, -0.1) is 10.2 Å². The lowest BCUT2D eigenvalue weighted by Gasteiger charge is -2.08. The molecule has 0 aliphatic rings. The Bertz CT molecular complexity index is 600. The molecule has 0 unspecified atom stereocenters. The highest BCUT2D eigenvalue weighted by molar-refractivity contribution is 9.09. The van der Waals surface area contributed by atoms with Gasteiger partial charge in [0.05, 0.1) is 11.2 Å². The summed E-state index contributed by atoms with van der Waals surface area (Å²) in [5, 5.41) is 9.53. The lowest BCUT2D eigenvalue weighted by Crippen LogP contribution is -2.17. The first-order valence-electron chi connectivity index (χ1n) is 5.54. The summed E-state index contributed by atoms with van der Waals surface area (Å²) in [7, 11) is 0. The van der Waals surface area contributed by atoms with Crippen molar-refractivity contribution in [3.05, 3.63) is 29.5 Å². The number of nitrogens with zero attached hydrogens (tertiary/aromatic N) is 2. The predicted molar refractivity (Wildman–Crippen MR) is 74.6 cm³/mol. The first-order valence-corrected chi connectivity index (χ1v) is 6.66. The van der Waals surface area contributed by atoms with Crippen molar-refractivity contribution in [1.29, 1.82) is 0 Å². The van der Waals surface area contributed by atoms with Gasteiger partial charge in [-0.2, -0.15) is 0 Å². The van der Waals surface area contributed by atoms with Crippen molar-refractivity contribution < 1.29 is 4.79 Å². The van der Waals surface area contributed by atoms with E-state index in [0.717, 1.165) is 34.6 Å². The topological polar surface area (TPSA) is 94.9 Å². The normalized spacial score (nSPS) is 10.7. The van der Waals surface area contributed by atoms with E-state index in [0.29, 0.717) is 5.69 Å². The molecule has 1 aromatic carbocycles. The van der Waals surface area contributed by atoms with Crippen LogP contribution in [-0.4, -0.2) is 21.4 Å². The highest BCUT2D eigenvalue weighted by Crippen LogP contribution is 2.24. The van der Waals surface area contributed by atoms with Gasteiger partial charge < -0.3 is 11.5 Å². The number of hydrogen-bond acceptors (Lipinski definition) is 4. The molecule has 0 radical (unpaired) electrons. The number of anilines is 1. The predicted octanol–water partition coefficient (Wildman–Crippen LogP) is 1.64. The molecule has 0 aliphatic heterocycles. The number of aromatic nitrogens is 2. The van der Waals surface area contributed by atoms with Crippen LogP contribution in [-0.2, 0) is 6.42 Å². The first-order chi connectivity index (χ1) is 8.65. The Labute approximate surface area is 113 Å². The molecule has 0 saturated carbocycles. The zero-order chi connectivity index (χ0) is 13.1. The Morgan fingerprint density at radius 3 is 2.78 bits per heavy atom. The maximum Gasteiger partial charge on any atom is 0.271 e. The van der Waals surface area contributed by atoms with E-state index in [4.69, 9.17) is 11.5 Å². The summed E-state index contributed by atoms with van der Waals surface area (Å²) < 4.78 is 0. The molecule has 6 heteroatoms. The molecule has 0 aliphatic carbocycles. The van der Waals surface area contributed by atoms with E-state index in [1.165, 1.54) is 0 Å². The van der Waals surface area contributed by atoms with E-state index >= 15 is 0 Å². The van der Waals surface area contributed by atoms with Crippen LogP contribution in [0.15, 0.2) is 18.2 Å². The monoisotopic (exact) mass is 308 g/mol. The molecule has 1 aromatic heterocycles. The Kier molecular flexibility index (Phi) is 3.76. The zero-order valence-electron chi connectivity index (χ0n) is 9.69. The van der Waals surface area contributed by atoms with Gasteiger partial charge in [0.2, 0.25) is 0 Å². The standard InChI is InChI=1S/C12H13BrN4O/c13-6-2-4-7-3-1-5-8-9(14)11(12(15)18)17-16-10(7)8/h1,3,5H,2,4,6H2,(H2,14,16)(H2,15,18). The summed E-state index contributed by atoms with van der Waals surface area (Å²) in [6.07, 6.45) is 1.88. The highest BCUT2D eigenvalue weighted by Gasteiger charge is 2.13. The number of nitrogen functional groups attached to an aromatic ring is 1. The van der Waals surface area contributed by atoms with Crippen molar-refractivity contribution in [2.24, 2.45) is 5.73 Å². The molecule has 5 nitrogen and oxygen atoms in total. The van der Waals surface area contributed by atoms with Crippen molar-refractivity contribution in [1.82, 2.24) is 10.2 Å². The Morgan fingerprint density at radius 1 is 1.33 bits per heavy atom. The summed E-state index contributed by atoms with van der Waals surface area (Å²) in [6.45, 7) is 0. The van der Waals surface area contributed by atoms with Gasteiger partial charge in [-0.25, -0.2) is 0 Å². The molecule has 0 saturated heterocycles. The summed E-state index contributed by atoms with van der Waals surface area (Å²) in [5.74, 6) is -0.659. The number of carbonyl (C=O) groups is 1. The average Bonchev–Trinajstić information content (AvgIpc) is 2.36. The van der Waals surface area contributed by atoms with Crippen LogP contribution in [0, 0.1) is 0 Å². The Morgan fingerprint density at radius 2 is 2.11 bits per heavy atom. The third-order valence-electron chi connectivity index (χ3n) is 2.73. The number of aryl methyl sites for hydroxylation is 1. The SMILES string of the molecule is NC(=O)c1nnc2c(CCCBr)cccc2c1N. The zero-order valence-corrected chi connectivity index (χ0v) is 11.3. The quantitative estimate of drug-likeness (QED) is 0.839. The number of rotatable bonds is 4. The van der Waals surface area contributed by atoms with Crippen LogP contribution in [0.5, 0.6) is 0 Å². The lowest BCUT2D eigenvalue weighted by atomic mass is 10.0. The van der Waals surface area contributed by atoms with Crippen LogP contribution in [0.4, 0.5) is 5.69 Å². The van der Waals surface area contributed by atoms with Gasteiger partial charge in [-0.3, -0.25) is 4.79 Å². The number of amides is 1. The lowest BCUT2D eigenvalue weighted by molar-refractivity contribution is 0.0996. The van der Waals surface area contributed by atoms with Crippen molar-refractivity contribution >= 4 is 38.4 Å². The van der Waals surface area contributed by atoms with Gasteiger partial charge in [-0.1, -0.05) is 34.1 Å². The third kappa shape index (κ3) is 2.28. The number of benzene rings is 1. The number of nitrogens with two attached hydrogens (primary N) is 2. The summed E-state index contributed by atoms with van der Waals surface area (Å²) in [4.78, 5) is 11.2. The summed E-state index contributed by atoms with van der Waals surface area (Å²) in [6, 6.07) is 5.71. The number of primary amides is 1. The maximum atomic E-state index is 11.2. The van der Waals surface area contributed by atoms with Crippen molar-refractivity contribution in [2.45, 2.75) is 12.8 Å². The number of carbonyl (C=O) groups excluding carboxylic acids is 1. The van der Waals surface area contributed by atoms with Crippen molar-refractivity contribution in [3.8, 4) is 0 Å². The number of alkyl halides is 1. The molecule has 4 N–H and O–H groups in total. The molecule has 0 spiro atoms. The molecular formula is C12H13BrN4O. The maximum absolute atomic E-state index is 11.2.